The molecule has 1 aliphatic rings. The molecule has 31 heavy (non-hydrogen) atoms. The van der Waals surface area contributed by atoms with Gasteiger partial charge in [0.2, 0.25) is 11.9 Å². The highest BCUT2D eigenvalue weighted by Crippen LogP contribution is 2.37. The van der Waals surface area contributed by atoms with E-state index in [-0.39, 0.29) is 23.7 Å². The van der Waals surface area contributed by atoms with Crippen LogP contribution in [0.4, 0.5) is 10.3 Å². The molecule has 6 nitrogen and oxygen atoms in total. The van der Waals surface area contributed by atoms with Crippen molar-refractivity contribution in [2.75, 3.05) is 12.3 Å². The molecule has 1 aliphatic heterocycles. The average molecular weight is 415 g/mol. The van der Waals surface area contributed by atoms with Crippen LogP contribution in [0.15, 0.2) is 60.9 Å². The van der Waals surface area contributed by atoms with Gasteiger partial charge in [0.15, 0.2) is 0 Å². The number of amides is 1. The van der Waals surface area contributed by atoms with E-state index in [9.17, 15) is 9.18 Å². The summed E-state index contributed by atoms with van der Waals surface area (Å²) in [6.45, 7) is 0.651. The SMILES string of the molecule is Nc1ncc(-c2cccc(F)c2)c([C@H]2CCCN2C(=O)Cc2c[nH]c3ccccc23)n1. The van der Waals surface area contributed by atoms with Gasteiger partial charge >= 0.3 is 0 Å². The third-order valence-electron chi connectivity index (χ3n) is 5.88. The number of halogens is 1. The van der Waals surface area contributed by atoms with Crippen molar-refractivity contribution in [1.29, 1.82) is 0 Å². The average Bonchev–Trinajstić information content (AvgIpc) is 3.41. The Morgan fingerprint density at radius 2 is 2.10 bits per heavy atom. The minimum absolute atomic E-state index is 0.0367. The number of fused-ring (bicyclic) bond motifs is 1. The second-order valence-electron chi connectivity index (χ2n) is 7.82. The molecule has 1 saturated heterocycles. The number of hydrogen-bond acceptors (Lipinski definition) is 4. The molecule has 156 valence electrons. The number of nitrogens with two attached hydrogens (primary N) is 1. The number of H-pyrrole nitrogens is 1. The maximum Gasteiger partial charge on any atom is 0.227 e. The summed E-state index contributed by atoms with van der Waals surface area (Å²) in [5.74, 6) is -0.153. The number of hydrogen-bond donors (Lipinski definition) is 2. The summed E-state index contributed by atoms with van der Waals surface area (Å²) in [5, 5.41) is 1.05. The highest BCUT2D eigenvalue weighted by atomic mass is 19.1. The van der Waals surface area contributed by atoms with Crippen LogP contribution in [-0.4, -0.2) is 32.3 Å². The number of aromatic nitrogens is 3. The zero-order valence-corrected chi connectivity index (χ0v) is 16.9. The molecule has 3 N–H and O–H groups in total. The first-order valence-electron chi connectivity index (χ1n) is 10.3. The smallest absolute Gasteiger partial charge is 0.227 e. The molecular weight excluding hydrogens is 393 g/mol. The standard InChI is InChI=1S/C24H22FN5O/c25-17-6-3-5-15(11-17)19-14-28-24(26)29-23(19)21-9-4-10-30(21)22(31)12-16-13-27-20-8-2-1-7-18(16)20/h1-3,5-8,11,13-14,21,27H,4,9-10,12H2,(H2,26,28,29)/t21-/m1/s1. The van der Waals surface area contributed by atoms with E-state index >= 15 is 0 Å². The van der Waals surface area contributed by atoms with Crippen LogP contribution in [0.25, 0.3) is 22.0 Å². The fourth-order valence-electron chi connectivity index (χ4n) is 4.43. The highest BCUT2D eigenvalue weighted by Gasteiger charge is 2.33. The summed E-state index contributed by atoms with van der Waals surface area (Å²) in [6.07, 6.45) is 5.47. The largest absolute Gasteiger partial charge is 0.368 e. The molecule has 0 saturated carbocycles. The van der Waals surface area contributed by atoms with Gasteiger partial charge in [0, 0.05) is 35.4 Å². The van der Waals surface area contributed by atoms with Gasteiger partial charge in [-0.05, 0) is 42.2 Å². The van der Waals surface area contributed by atoms with Crippen LogP contribution in [0.5, 0.6) is 0 Å². The van der Waals surface area contributed by atoms with Crippen molar-refractivity contribution in [1.82, 2.24) is 19.9 Å². The topological polar surface area (TPSA) is 87.9 Å². The number of nitrogen functional groups attached to an aromatic ring is 1. The molecule has 1 amide bonds. The van der Waals surface area contributed by atoms with Crippen LogP contribution >= 0.6 is 0 Å². The number of benzene rings is 2. The third kappa shape index (κ3) is 3.63. The molecule has 7 heteroatoms. The number of likely N-dealkylation sites (tertiary alicyclic amines) is 1. The first kappa shape index (κ1) is 19.2. The lowest BCUT2D eigenvalue weighted by atomic mass is 9.99. The van der Waals surface area contributed by atoms with Gasteiger partial charge < -0.3 is 15.6 Å². The summed E-state index contributed by atoms with van der Waals surface area (Å²) in [5.41, 5.74) is 9.92. The predicted octanol–water partition coefficient (Wildman–Crippen LogP) is 4.25. The second-order valence-corrected chi connectivity index (χ2v) is 7.82. The number of rotatable bonds is 4. The van der Waals surface area contributed by atoms with Crippen molar-refractivity contribution in [2.45, 2.75) is 25.3 Å². The van der Waals surface area contributed by atoms with E-state index in [1.165, 1.54) is 12.1 Å². The molecule has 2 aromatic heterocycles. The normalized spacial score (nSPS) is 16.2. The van der Waals surface area contributed by atoms with E-state index in [0.29, 0.717) is 29.8 Å². The van der Waals surface area contributed by atoms with E-state index in [1.807, 2.05) is 41.4 Å². The molecule has 0 aliphatic carbocycles. The number of carbonyl (C=O) groups excluding carboxylic acids is 1. The Morgan fingerprint density at radius 3 is 2.97 bits per heavy atom. The third-order valence-corrected chi connectivity index (χ3v) is 5.88. The minimum Gasteiger partial charge on any atom is -0.368 e. The first-order chi connectivity index (χ1) is 15.1. The minimum atomic E-state index is -0.334. The number of para-hydroxylation sites is 1. The van der Waals surface area contributed by atoms with Gasteiger partial charge in [0.05, 0.1) is 18.2 Å². The number of carbonyl (C=O) groups is 1. The Labute approximate surface area is 178 Å². The highest BCUT2D eigenvalue weighted by molar-refractivity contribution is 5.89. The number of nitrogens with one attached hydrogen (secondary N) is 1. The van der Waals surface area contributed by atoms with Gasteiger partial charge in [-0.3, -0.25) is 4.79 Å². The van der Waals surface area contributed by atoms with Crippen LogP contribution in [-0.2, 0) is 11.2 Å². The molecule has 5 rings (SSSR count). The monoisotopic (exact) mass is 415 g/mol. The quantitative estimate of drug-likeness (QED) is 0.522. The van der Waals surface area contributed by atoms with Gasteiger partial charge in [-0.15, -0.1) is 0 Å². The summed E-state index contributed by atoms with van der Waals surface area (Å²) in [6, 6.07) is 14.0. The van der Waals surface area contributed by atoms with Gasteiger partial charge in [-0.1, -0.05) is 30.3 Å². The number of nitrogens with zero attached hydrogens (tertiary/aromatic N) is 3. The van der Waals surface area contributed by atoms with E-state index in [0.717, 1.165) is 29.3 Å². The molecule has 1 atom stereocenters. The zero-order valence-electron chi connectivity index (χ0n) is 16.9. The molecule has 0 radical (unpaired) electrons. The fourth-order valence-corrected chi connectivity index (χ4v) is 4.43. The molecule has 0 unspecified atom stereocenters. The second kappa shape index (κ2) is 7.83. The summed E-state index contributed by atoms with van der Waals surface area (Å²) in [7, 11) is 0. The maximum absolute atomic E-state index is 13.9. The molecular formula is C24H22FN5O. The van der Waals surface area contributed by atoms with Gasteiger partial charge in [0.1, 0.15) is 5.82 Å². The maximum atomic E-state index is 13.9. The van der Waals surface area contributed by atoms with Crippen molar-refractivity contribution in [3.05, 3.63) is 78.0 Å². The van der Waals surface area contributed by atoms with Gasteiger partial charge in [0.25, 0.3) is 0 Å². The van der Waals surface area contributed by atoms with Crippen LogP contribution in [0, 0.1) is 5.82 Å². The molecule has 2 aromatic carbocycles. The molecule has 4 aromatic rings. The van der Waals surface area contributed by atoms with Crippen LogP contribution < -0.4 is 5.73 Å². The lowest BCUT2D eigenvalue weighted by Gasteiger charge is -2.26. The van der Waals surface area contributed by atoms with Gasteiger partial charge in [-0.2, -0.15) is 0 Å². The van der Waals surface area contributed by atoms with Crippen LogP contribution in [0.2, 0.25) is 0 Å². The summed E-state index contributed by atoms with van der Waals surface area (Å²) in [4.78, 5) is 27.0. The van der Waals surface area contributed by atoms with E-state index in [2.05, 4.69) is 15.0 Å². The van der Waals surface area contributed by atoms with Crippen LogP contribution in [0.3, 0.4) is 0 Å². The van der Waals surface area contributed by atoms with Gasteiger partial charge in [-0.25, -0.2) is 14.4 Å². The Bertz CT molecular complexity index is 1270. The zero-order chi connectivity index (χ0) is 21.4. The molecule has 0 spiro atoms. The van der Waals surface area contributed by atoms with Crippen molar-refractivity contribution >= 4 is 22.8 Å². The fraction of sp³-hybridized carbons (Fsp3) is 0.208. The first-order valence-corrected chi connectivity index (χ1v) is 10.3. The molecule has 3 heterocycles. The van der Waals surface area contributed by atoms with Crippen LogP contribution in [0.1, 0.15) is 30.1 Å². The predicted molar refractivity (Wildman–Crippen MR) is 118 cm³/mol. The van der Waals surface area contributed by atoms with Crippen molar-refractivity contribution in [3.8, 4) is 11.1 Å². The lowest BCUT2D eigenvalue weighted by Crippen LogP contribution is -2.32. The van der Waals surface area contributed by atoms with Crippen molar-refractivity contribution in [2.24, 2.45) is 0 Å². The molecule has 1 fully saturated rings. The lowest BCUT2D eigenvalue weighted by molar-refractivity contribution is -0.131. The Hall–Kier alpha value is -3.74. The van der Waals surface area contributed by atoms with Crippen molar-refractivity contribution in [3.63, 3.8) is 0 Å². The summed E-state index contributed by atoms with van der Waals surface area (Å²) >= 11 is 0. The Morgan fingerprint density at radius 1 is 1.23 bits per heavy atom. The van der Waals surface area contributed by atoms with E-state index in [1.54, 1.807) is 12.3 Å². The van der Waals surface area contributed by atoms with E-state index < -0.39 is 0 Å². The number of anilines is 1. The molecule has 0 bridgehead atoms. The van der Waals surface area contributed by atoms with Crippen molar-refractivity contribution < 1.29 is 9.18 Å². The Kier molecular flexibility index (Phi) is 4.86. The Balaban J connectivity index is 1.48. The number of aromatic amines is 1. The summed E-state index contributed by atoms with van der Waals surface area (Å²) < 4.78 is 13.9. The van der Waals surface area contributed by atoms with E-state index in [4.69, 9.17) is 5.73 Å².